The molecule has 0 aliphatic rings. The number of carboxylic acid groups (broad SMARTS) is 1. The monoisotopic (exact) mass is 381 g/mol. The number of anilines is 1. The minimum Gasteiger partial charge on any atom is -0.497 e. The van der Waals surface area contributed by atoms with E-state index in [1.807, 2.05) is 0 Å². The molecule has 8 heteroatoms. The third-order valence-corrected chi connectivity index (χ3v) is 4.05. The molecule has 0 aliphatic carbocycles. The number of amides is 1. The van der Waals surface area contributed by atoms with Crippen LogP contribution in [0.25, 0.3) is 0 Å². The summed E-state index contributed by atoms with van der Waals surface area (Å²) in [5.41, 5.74) is -0.409. The van der Waals surface area contributed by atoms with Gasteiger partial charge in [0.05, 0.1) is 24.6 Å². The molecule has 2 rings (SSSR count). The summed E-state index contributed by atoms with van der Waals surface area (Å²) >= 11 is 3.31. The molecule has 1 aromatic carbocycles. The van der Waals surface area contributed by atoms with Gasteiger partial charge in [0.2, 0.25) is 0 Å². The van der Waals surface area contributed by atoms with E-state index in [1.165, 1.54) is 38.0 Å². The second-order valence-electron chi connectivity index (χ2n) is 5.34. The van der Waals surface area contributed by atoms with Gasteiger partial charge >= 0.3 is 5.97 Å². The molecule has 0 unspecified atom stereocenters. The molecule has 0 saturated heterocycles. The molecule has 0 spiro atoms. The van der Waals surface area contributed by atoms with Gasteiger partial charge in [0.25, 0.3) is 5.91 Å². The summed E-state index contributed by atoms with van der Waals surface area (Å²) in [7, 11) is 1.52. The molecule has 7 nitrogen and oxygen atoms in total. The fourth-order valence-electron chi connectivity index (χ4n) is 1.79. The van der Waals surface area contributed by atoms with Gasteiger partial charge in [-0.05, 0) is 48.0 Å². The van der Waals surface area contributed by atoms with Crippen LogP contribution in [0.1, 0.15) is 24.2 Å². The number of methoxy groups -OCH3 is 1. The second kappa shape index (κ2) is 6.41. The minimum atomic E-state index is -1.21. The number of carbonyl (C=O) groups excluding carboxylic acids is 1. The third kappa shape index (κ3) is 3.53. The molecular weight excluding hydrogens is 366 g/mol. The highest BCUT2D eigenvalue weighted by Crippen LogP contribution is 2.24. The van der Waals surface area contributed by atoms with Crippen LogP contribution in [0, 0.1) is 0 Å². The normalized spacial score (nSPS) is 11.1. The first-order valence-electron chi connectivity index (χ1n) is 6.69. The fourth-order valence-corrected chi connectivity index (χ4v) is 2.22. The van der Waals surface area contributed by atoms with Gasteiger partial charge in [-0.2, -0.15) is 5.10 Å². The molecule has 0 radical (unpaired) electrons. The quantitative estimate of drug-likeness (QED) is 0.830. The Morgan fingerprint density at radius 1 is 1.39 bits per heavy atom. The molecule has 2 N–H and O–H groups in total. The maximum absolute atomic E-state index is 12.3. The Labute approximate surface area is 141 Å². The van der Waals surface area contributed by atoms with Crippen LogP contribution in [0.5, 0.6) is 5.75 Å². The van der Waals surface area contributed by atoms with E-state index < -0.39 is 11.5 Å². The summed E-state index contributed by atoms with van der Waals surface area (Å²) in [5, 5.41) is 15.9. The Morgan fingerprint density at radius 2 is 2.09 bits per heavy atom. The maximum Gasteiger partial charge on any atom is 0.331 e. The van der Waals surface area contributed by atoms with Crippen LogP contribution >= 0.6 is 15.9 Å². The lowest BCUT2D eigenvalue weighted by Crippen LogP contribution is -2.35. The highest BCUT2D eigenvalue weighted by Gasteiger charge is 2.30. The average Bonchev–Trinajstić information content (AvgIpc) is 2.96. The van der Waals surface area contributed by atoms with Crippen LogP contribution in [-0.4, -0.2) is 33.9 Å². The van der Waals surface area contributed by atoms with Crippen LogP contribution in [0.3, 0.4) is 0 Å². The summed E-state index contributed by atoms with van der Waals surface area (Å²) < 4.78 is 7.01. The number of hydrogen-bond donors (Lipinski definition) is 2. The number of carbonyl (C=O) groups is 2. The number of benzene rings is 1. The molecule has 1 aromatic heterocycles. The zero-order valence-electron chi connectivity index (χ0n) is 12.8. The average molecular weight is 382 g/mol. The van der Waals surface area contributed by atoms with Crippen molar-refractivity contribution in [2.45, 2.75) is 19.4 Å². The van der Waals surface area contributed by atoms with Crippen molar-refractivity contribution in [3.05, 3.63) is 40.6 Å². The number of ether oxygens (including phenoxy) is 1. The number of carboxylic acids is 1. The van der Waals surface area contributed by atoms with Crippen molar-refractivity contribution >= 4 is 33.5 Å². The number of aromatic nitrogens is 2. The number of hydrogen-bond acceptors (Lipinski definition) is 4. The summed E-state index contributed by atoms with van der Waals surface area (Å²) in [5.74, 6) is -0.821. The summed E-state index contributed by atoms with van der Waals surface area (Å²) in [6.07, 6.45) is 2.87. The van der Waals surface area contributed by atoms with E-state index in [0.717, 1.165) is 0 Å². The highest BCUT2D eigenvalue weighted by atomic mass is 79.9. The number of nitrogens with zero attached hydrogens (tertiary/aromatic N) is 2. The van der Waals surface area contributed by atoms with Crippen molar-refractivity contribution < 1.29 is 19.4 Å². The standard InChI is InChI=1S/C15H16BrN3O4/c1-15(2,14(21)22)19-8-9(7-17-19)18-13(20)11-6-10(23-3)4-5-12(11)16/h4-8H,1-3H3,(H,18,20)(H,21,22). The lowest BCUT2D eigenvalue weighted by atomic mass is 10.1. The van der Waals surface area contributed by atoms with Crippen LogP contribution in [-0.2, 0) is 10.3 Å². The highest BCUT2D eigenvalue weighted by molar-refractivity contribution is 9.10. The van der Waals surface area contributed by atoms with Crippen molar-refractivity contribution in [1.82, 2.24) is 9.78 Å². The molecular formula is C15H16BrN3O4. The van der Waals surface area contributed by atoms with E-state index in [1.54, 1.807) is 18.2 Å². The predicted molar refractivity (Wildman–Crippen MR) is 87.8 cm³/mol. The van der Waals surface area contributed by atoms with Crippen molar-refractivity contribution in [3.8, 4) is 5.75 Å². The second-order valence-corrected chi connectivity index (χ2v) is 6.19. The van der Waals surface area contributed by atoms with Crippen LogP contribution in [0.4, 0.5) is 5.69 Å². The SMILES string of the molecule is COc1ccc(Br)c(C(=O)Nc2cnn(C(C)(C)C(=O)O)c2)c1. The Kier molecular flexibility index (Phi) is 4.74. The maximum atomic E-state index is 12.3. The molecule has 0 aliphatic heterocycles. The number of halogens is 1. The summed E-state index contributed by atoms with van der Waals surface area (Å²) in [4.78, 5) is 23.6. The van der Waals surface area contributed by atoms with E-state index >= 15 is 0 Å². The van der Waals surface area contributed by atoms with Gasteiger partial charge in [0, 0.05) is 10.7 Å². The largest absolute Gasteiger partial charge is 0.497 e. The molecule has 1 heterocycles. The number of rotatable bonds is 5. The topological polar surface area (TPSA) is 93.5 Å². The van der Waals surface area contributed by atoms with Crippen molar-refractivity contribution in [2.24, 2.45) is 0 Å². The van der Waals surface area contributed by atoms with E-state index in [2.05, 4.69) is 26.3 Å². The van der Waals surface area contributed by atoms with Gasteiger partial charge in [-0.25, -0.2) is 4.79 Å². The molecule has 1 amide bonds. The van der Waals surface area contributed by atoms with Crippen molar-refractivity contribution in [1.29, 1.82) is 0 Å². The predicted octanol–water partition coefficient (Wildman–Crippen LogP) is 2.73. The zero-order valence-corrected chi connectivity index (χ0v) is 14.4. The van der Waals surface area contributed by atoms with Gasteiger partial charge < -0.3 is 15.2 Å². The lowest BCUT2D eigenvalue weighted by Gasteiger charge is -2.19. The lowest BCUT2D eigenvalue weighted by molar-refractivity contribution is -0.146. The van der Waals surface area contributed by atoms with E-state index in [4.69, 9.17) is 4.74 Å². The molecule has 0 fully saturated rings. The molecule has 0 atom stereocenters. The van der Waals surface area contributed by atoms with Gasteiger partial charge in [-0.1, -0.05) is 0 Å². The summed E-state index contributed by atoms with van der Waals surface area (Å²) in [6.45, 7) is 3.04. The summed E-state index contributed by atoms with van der Waals surface area (Å²) in [6, 6.07) is 5.05. The van der Waals surface area contributed by atoms with Crippen molar-refractivity contribution in [2.75, 3.05) is 12.4 Å². The molecule has 0 bridgehead atoms. The molecule has 122 valence electrons. The van der Waals surface area contributed by atoms with Gasteiger partial charge in [0.15, 0.2) is 5.54 Å². The van der Waals surface area contributed by atoms with E-state index in [9.17, 15) is 14.7 Å². The Morgan fingerprint density at radius 3 is 2.70 bits per heavy atom. The van der Waals surface area contributed by atoms with E-state index in [0.29, 0.717) is 21.5 Å². The van der Waals surface area contributed by atoms with Crippen LogP contribution in [0.2, 0.25) is 0 Å². The Hall–Kier alpha value is -2.35. The van der Waals surface area contributed by atoms with Crippen LogP contribution in [0.15, 0.2) is 35.1 Å². The van der Waals surface area contributed by atoms with Gasteiger partial charge in [0.1, 0.15) is 5.75 Å². The van der Waals surface area contributed by atoms with Crippen LogP contribution < -0.4 is 10.1 Å². The number of nitrogens with one attached hydrogen (secondary N) is 1. The Balaban J connectivity index is 2.22. The van der Waals surface area contributed by atoms with E-state index in [-0.39, 0.29) is 5.91 Å². The zero-order chi connectivity index (χ0) is 17.2. The minimum absolute atomic E-state index is 0.358. The first-order chi connectivity index (χ1) is 10.8. The smallest absolute Gasteiger partial charge is 0.331 e. The molecule has 23 heavy (non-hydrogen) atoms. The first kappa shape index (κ1) is 17.0. The van der Waals surface area contributed by atoms with Crippen molar-refractivity contribution in [3.63, 3.8) is 0 Å². The van der Waals surface area contributed by atoms with Gasteiger partial charge in [-0.3, -0.25) is 9.48 Å². The molecule has 2 aromatic rings. The number of aliphatic carboxylic acids is 1. The Bertz CT molecular complexity index is 755. The fraction of sp³-hybridized carbons (Fsp3) is 0.267. The van der Waals surface area contributed by atoms with Gasteiger partial charge in [-0.15, -0.1) is 0 Å². The third-order valence-electron chi connectivity index (χ3n) is 3.35. The first-order valence-corrected chi connectivity index (χ1v) is 7.48. The molecule has 0 saturated carbocycles.